The number of benzene rings is 1. The molecule has 0 saturated heterocycles. The van der Waals surface area contributed by atoms with Crippen molar-refractivity contribution in [1.29, 1.82) is 0 Å². The topological polar surface area (TPSA) is 12.0 Å². The van der Waals surface area contributed by atoms with Crippen molar-refractivity contribution in [3.8, 4) is 0 Å². The zero-order valence-corrected chi connectivity index (χ0v) is 12.2. The largest absolute Gasteiger partial charge is 0.313 e. The van der Waals surface area contributed by atoms with Crippen LogP contribution in [0.15, 0.2) is 22.7 Å². The average Bonchev–Trinajstić information content (AvgIpc) is 2.33. The minimum atomic E-state index is -0.202. The molecule has 1 N–H and O–H groups in total. The van der Waals surface area contributed by atoms with Crippen LogP contribution in [0, 0.1) is 5.82 Å². The summed E-state index contributed by atoms with van der Waals surface area (Å²) >= 11 is 8.85. The molecule has 0 aromatic heterocycles. The first-order valence-corrected chi connectivity index (χ1v) is 7.28. The lowest BCUT2D eigenvalue weighted by Crippen LogP contribution is -2.15. The molecule has 0 amide bonds. The van der Waals surface area contributed by atoms with Gasteiger partial charge >= 0.3 is 0 Å². The lowest BCUT2D eigenvalue weighted by molar-refractivity contribution is 0.589. The van der Waals surface area contributed by atoms with Crippen molar-refractivity contribution in [1.82, 2.24) is 5.32 Å². The predicted octanol–water partition coefficient (Wildman–Crippen LogP) is 4.48. The third-order valence-corrected chi connectivity index (χ3v) is 3.74. The summed E-state index contributed by atoms with van der Waals surface area (Å²) in [4.78, 5) is 0. The van der Waals surface area contributed by atoms with Crippen molar-refractivity contribution >= 4 is 27.5 Å². The van der Waals surface area contributed by atoms with E-state index in [0.29, 0.717) is 11.0 Å². The van der Waals surface area contributed by atoms with Gasteiger partial charge in [-0.2, -0.15) is 0 Å². The van der Waals surface area contributed by atoms with Crippen molar-refractivity contribution < 1.29 is 4.39 Å². The summed E-state index contributed by atoms with van der Waals surface area (Å²) in [5, 5.41) is 3.32. The minimum absolute atomic E-state index is 0.202. The fourth-order valence-corrected chi connectivity index (χ4v) is 2.20. The molecule has 1 nitrogen and oxygen atoms in total. The molecule has 96 valence electrons. The Morgan fingerprint density at radius 3 is 2.71 bits per heavy atom. The third-order valence-electron chi connectivity index (χ3n) is 2.58. The summed E-state index contributed by atoms with van der Waals surface area (Å²) in [5.41, 5.74) is 0.964. The van der Waals surface area contributed by atoms with Crippen LogP contribution in [-0.2, 0) is 6.54 Å². The molecule has 1 aromatic rings. The van der Waals surface area contributed by atoms with Crippen molar-refractivity contribution in [2.24, 2.45) is 0 Å². The van der Waals surface area contributed by atoms with Crippen molar-refractivity contribution in [2.75, 3.05) is 12.4 Å². The molecule has 1 aromatic carbocycles. The van der Waals surface area contributed by atoms with Gasteiger partial charge in [0.2, 0.25) is 0 Å². The molecule has 0 aliphatic carbocycles. The molecule has 17 heavy (non-hydrogen) atoms. The van der Waals surface area contributed by atoms with E-state index in [1.54, 1.807) is 6.07 Å². The smallest absolute Gasteiger partial charge is 0.137 e. The predicted molar refractivity (Wildman–Crippen MR) is 75.0 cm³/mol. The maximum absolute atomic E-state index is 13.2. The highest BCUT2D eigenvalue weighted by molar-refractivity contribution is 9.10. The molecular formula is C13H18BrClFN. The van der Waals surface area contributed by atoms with Gasteiger partial charge < -0.3 is 5.32 Å². The normalized spacial score (nSPS) is 10.8. The van der Waals surface area contributed by atoms with E-state index in [0.717, 1.165) is 30.8 Å². The van der Waals surface area contributed by atoms with Gasteiger partial charge in [-0.3, -0.25) is 0 Å². The van der Waals surface area contributed by atoms with E-state index in [1.165, 1.54) is 18.9 Å². The number of rotatable bonds is 8. The van der Waals surface area contributed by atoms with Gasteiger partial charge in [-0.05, 0) is 46.9 Å². The summed E-state index contributed by atoms with van der Waals surface area (Å²) in [5.74, 6) is 0.551. The summed E-state index contributed by atoms with van der Waals surface area (Å²) < 4.78 is 13.8. The summed E-state index contributed by atoms with van der Waals surface area (Å²) in [6.07, 6.45) is 4.62. The van der Waals surface area contributed by atoms with E-state index in [9.17, 15) is 4.39 Å². The number of nitrogens with one attached hydrogen (secondary N) is 1. The summed E-state index contributed by atoms with van der Waals surface area (Å²) in [6, 6.07) is 5.12. The summed E-state index contributed by atoms with van der Waals surface area (Å²) in [7, 11) is 0. The van der Waals surface area contributed by atoms with E-state index in [-0.39, 0.29) is 5.82 Å². The van der Waals surface area contributed by atoms with Crippen molar-refractivity contribution in [3.63, 3.8) is 0 Å². The lowest BCUT2D eigenvalue weighted by Gasteiger charge is -2.07. The van der Waals surface area contributed by atoms with Gasteiger partial charge in [0.05, 0.1) is 4.47 Å². The average molecular weight is 323 g/mol. The Bertz CT molecular complexity index is 333. The monoisotopic (exact) mass is 321 g/mol. The Morgan fingerprint density at radius 1 is 1.18 bits per heavy atom. The van der Waals surface area contributed by atoms with Crippen molar-refractivity contribution in [3.05, 3.63) is 34.1 Å². The Balaban J connectivity index is 2.16. The molecule has 0 aliphatic heterocycles. The van der Waals surface area contributed by atoms with Crippen LogP contribution >= 0.6 is 27.5 Å². The van der Waals surface area contributed by atoms with Gasteiger partial charge in [-0.1, -0.05) is 25.0 Å². The molecule has 0 saturated carbocycles. The van der Waals surface area contributed by atoms with Crippen LogP contribution in [0.3, 0.4) is 0 Å². The molecule has 1 rings (SSSR count). The molecule has 0 fully saturated rings. The molecule has 0 bridgehead atoms. The zero-order valence-electron chi connectivity index (χ0n) is 9.82. The molecule has 0 spiro atoms. The SMILES string of the molecule is Fc1cccc(CNCCCCCCCl)c1Br. The highest BCUT2D eigenvalue weighted by Crippen LogP contribution is 2.19. The molecule has 0 aliphatic rings. The van der Waals surface area contributed by atoms with E-state index in [4.69, 9.17) is 11.6 Å². The van der Waals surface area contributed by atoms with Gasteiger partial charge in [0, 0.05) is 12.4 Å². The standard InChI is InChI=1S/C13H18BrClFN/c14-13-11(6-5-7-12(13)16)10-17-9-4-2-1-3-8-15/h5-7,17H,1-4,8-10H2. The molecule has 0 atom stereocenters. The Hall–Kier alpha value is -0.120. The van der Waals surface area contributed by atoms with Gasteiger partial charge in [0.25, 0.3) is 0 Å². The van der Waals surface area contributed by atoms with Crippen LogP contribution in [0.1, 0.15) is 31.2 Å². The van der Waals surface area contributed by atoms with Crippen molar-refractivity contribution in [2.45, 2.75) is 32.2 Å². The van der Waals surface area contributed by atoms with Crippen LogP contribution in [0.5, 0.6) is 0 Å². The maximum atomic E-state index is 13.2. The molecule has 0 heterocycles. The first kappa shape index (κ1) is 14.9. The zero-order chi connectivity index (χ0) is 12.5. The van der Waals surface area contributed by atoms with E-state index < -0.39 is 0 Å². The highest BCUT2D eigenvalue weighted by atomic mass is 79.9. The lowest BCUT2D eigenvalue weighted by atomic mass is 10.2. The van der Waals surface area contributed by atoms with Gasteiger partial charge in [0.15, 0.2) is 0 Å². The number of halogens is 3. The van der Waals surface area contributed by atoms with Crippen LogP contribution < -0.4 is 5.32 Å². The third kappa shape index (κ3) is 5.84. The Morgan fingerprint density at radius 2 is 1.94 bits per heavy atom. The minimum Gasteiger partial charge on any atom is -0.313 e. The molecule has 0 radical (unpaired) electrons. The number of alkyl halides is 1. The molecule has 0 unspecified atom stereocenters. The molecular weight excluding hydrogens is 305 g/mol. The van der Waals surface area contributed by atoms with E-state index in [2.05, 4.69) is 21.2 Å². The van der Waals surface area contributed by atoms with Crippen LogP contribution in [0.4, 0.5) is 4.39 Å². The fourth-order valence-electron chi connectivity index (χ4n) is 1.61. The van der Waals surface area contributed by atoms with E-state index in [1.807, 2.05) is 6.07 Å². The first-order valence-electron chi connectivity index (χ1n) is 5.95. The van der Waals surface area contributed by atoms with Gasteiger partial charge in [-0.15, -0.1) is 11.6 Å². The second-order valence-corrected chi connectivity index (χ2v) is 5.16. The fraction of sp³-hybridized carbons (Fsp3) is 0.538. The van der Waals surface area contributed by atoms with E-state index >= 15 is 0 Å². The van der Waals surface area contributed by atoms with Crippen LogP contribution in [0.2, 0.25) is 0 Å². The van der Waals surface area contributed by atoms with Crippen LogP contribution in [-0.4, -0.2) is 12.4 Å². The quantitative estimate of drug-likeness (QED) is 0.550. The highest BCUT2D eigenvalue weighted by Gasteiger charge is 2.03. The number of hydrogen-bond donors (Lipinski definition) is 1. The number of unbranched alkanes of at least 4 members (excludes halogenated alkanes) is 3. The summed E-state index contributed by atoms with van der Waals surface area (Å²) in [6.45, 7) is 1.67. The van der Waals surface area contributed by atoms with Gasteiger partial charge in [-0.25, -0.2) is 4.39 Å². The Kier molecular flexibility index (Phi) is 7.82. The van der Waals surface area contributed by atoms with Gasteiger partial charge in [0.1, 0.15) is 5.82 Å². The number of hydrogen-bond acceptors (Lipinski definition) is 1. The second kappa shape index (κ2) is 8.90. The molecule has 4 heteroatoms. The second-order valence-electron chi connectivity index (χ2n) is 3.99. The maximum Gasteiger partial charge on any atom is 0.137 e. The first-order chi connectivity index (χ1) is 8.25. The van der Waals surface area contributed by atoms with Crippen LogP contribution in [0.25, 0.3) is 0 Å². The Labute approximate surface area is 116 Å².